The minimum atomic E-state index is 0.843. The number of benzene rings is 1. The van der Waals surface area contributed by atoms with Crippen molar-refractivity contribution in [1.82, 2.24) is 0 Å². The maximum absolute atomic E-state index is 5.57. The maximum atomic E-state index is 5.57. The zero-order valence-corrected chi connectivity index (χ0v) is 7.03. The normalized spacial score (nSPS) is 9.80. The highest BCUT2D eigenvalue weighted by atomic mass is 32.2. The van der Waals surface area contributed by atoms with E-state index in [-0.39, 0.29) is 0 Å². The number of rotatable bonds is 1. The van der Waals surface area contributed by atoms with Crippen LogP contribution in [0.5, 0.6) is 0 Å². The summed E-state index contributed by atoms with van der Waals surface area (Å²) in [4.78, 5) is 1.30. The summed E-state index contributed by atoms with van der Waals surface area (Å²) in [5.74, 6) is 0. The molecule has 1 aromatic carbocycles. The molecule has 0 aliphatic rings. The Labute approximate surface area is 65.6 Å². The Morgan fingerprint density at radius 1 is 1.40 bits per heavy atom. The van der Waals surface area contributed by atoms with Crippen molar-refractivity contribution in [3.8, 4) is 0 Å². The number of hydrogen-bond acceptors (Lipinski definition) is 2. The first kappa shape index (κ1) is 7.48. The van der Waals surface area contributed by atoms with Crippen molar-refractivity contribution in [2.75, 3.05) is 12.0 Å². The van der Waals surface area contributed by atoms with Gasteiger partial charge in [-0.3, -0.25) is 0 Å². The Morgan fingerprint density at radius 2 is 2.10 bits per heavy atom. The molecule has 0 saturated heterocycles. The van der Waals surface area contributed by atoms with E-state index in [1.54, 1.807) is 11.8 Å². The zero-order valence-electron chi connectivity index (χ0n) is 6.22. The largest absolute Gasteiger partial charge is 0.399 e. The lowest BCUT2D eigenvalue weighted by Gasteiger charge is -2.01. The molecular formula is C8H11NS. The molecule has 0 aliphatic heterocycles. The SMILES string of the molecule is CSc1ccc(N)cc1C. The van der Waals surface area contributed by atoms with Gasteiger partial charge >= 0.3 is 0 Å². The smallest absolute Gasteiger partial charge is 0.0317 e. The molecular weight excluding hydrogens is 142 g/mol. The third kappa shape index (κ3) is 1.45. The summed E-state index contributed by atoms with van der Waals surface area (Å²) in [5.41, 5.74) is 7.67. The second-order valence-electron chi connectivity index (χ2n) is 2.23. The van der Waals surface area contributed by atoms with E-state index in [0.29, 0.717) is 0 Å². The van der Waals surface area contributed by atoms with E-state index in [2.05, 4.69) is 19.2 Å². The summed E-state index contributed by atoms with van der Waals surface area (Å²) in [5, 5.41) is 0. The standard InChI is InChI=1S/C8H11NS/c1-6-5-7(9)3-4-8(6)10-2/h3-5H,9H2,1-2H3. The van der Waals surface area contributed by atoms with Gasteiger partial charge in [0.05, 0.1) is 0 Å². The topological polar surface area (TPSA) is 26.0 Å². The maximum Gasteiger partial charge on any atom is 0.0317 e. The van der Waals surface area contributed by atoms with Gasteiger partial charge in [-0.1, -0.05) is 0 Å². The van der Waals surface area contributed by atoms with Crippen LogP contribution in [-0.2, 0) is 0 Å². The molecule has 0 fully saturated rings. The summed E-state index contributed by atoms with van der Waals surface area (Å²) in [6.45, 7) is 2.07. The quantitative estimate of drug-likeness (QED) is 0.495. The second-order valence-corrected chi connectivity index (χ2v) is 3.08. The van der Waals surface area contributed by atoms with Crippen molar-refractivity contribution in [3.05, 3.63) is 23.8 Å². The molecule has 0 bridgehead atoms. The highest BCUT2D eigenvalue weighted by Crippen LogP contribution is 2.21. The highest BCUT2D eigenvalue weighted by molar-refractivity contribution is 7.98. The number of anilines is 1. The predicted octanol–water partition coefficient (Wildman–Crippen LogP) is 2.30. The number of thioether (sulfide) groups is 1. The van der Waals surface area contributed by atoms with E-state index in [4.69, 9.17) is 5.73 Å². The molecule has 54 valence electrons. The average Bonchev–Trinajstić information content (AvgIpc) is 1.88. The molecule has 1 aromatic rings. The van der Waals surface area contributed by atoms with Gasteiger partial charge in [0.1, 0.15) is 0 Å². The van der Waals surface area contributed by atoms with Gasteiger partial charge in [-0.25, -0.2) is 0 Å². The lowest BCUT2D eigenvalue weighted by molar-refractivity contribution is 1.31. The molecule has 0 atom stereocenters. The third-order valence-electron chi connectivity index (χ3n) is 1.42. The summed E-state index contributed by atoms with van der Waals surface area (Å²) in [6.07, 6.45) is 2.07. The molecule has 2 N–H and O–H groups in total. The Hall–Kier alpha value is -0.630. The van der Waals surface area contributed by atoms with Gasteiger partial charge in [0.15, 0.2) is 0 Å². The van der Waals surface area contributed by atoms with E-state index in [1.165, 1.54) is 10.5 Å². The van der Waals surface area contributed by atoms with Crippen molar-refractivity contribution in [2.24, 2.45) is 0 Å². The van der Waals surface area contributed by atoms with Crippen LogP contribution in [0.25, 0.3) is 0 Å². The lowest BCUT2D eigenvalue weighted by Crippen LogP contribution is -1.86. The minimum Gasteiger partial charge on any atom is -0.399 e. The van der Waals surface area contributed by atoms with Crippen molar-refractivity contribution in [3.63, 3.8) is 0 Å². The van der Waals surface area contributed by atoms with Crippen LogP contribution in [0.15, 0.2) is 23.1 Å². The van der Waals surface area contributed by atoms with Crippen LogP contribution in [-0.4, -0.2) is 6.26 Å². The van der Waals surface area contributed by atoms with E-state index in [0.717, 1.165) is 5.69 Å². The van der Waals surface area contributed by atoms with Crippen LogP contribution >= 0.6 is 11.8 Å². The van der Waals surface area contributed by atoms with Gasteiger partial charge in [0, 0.05) is 10.6 Å². The summed E-state index contributed by atoms with van der Waals surface area (Å²) in [7, 11) is 0. The fraction of sp³-hybridized carbons (Fsp3) is 0.250. The summed E-state index contributed by atoms with van der Waals surface area (Å²) in [6, 6.07) is 5.97. The second kappa shape index (κ2) is 2.97. The van der Waals surface area contributed by atoms with Crippen LogP contribution in [0, 0.1) is 6.92 Å². The Morgan fingerprint density at radius 3 is 2.60 bits per heavy atom. The molecule has 0 aliphatic carbocycles. The number of aryl methyl sites for hydroxylation is 1. The Balaban J connectivity index is 3.07. The van der Waals surface area contributed by atoms with Crippen molar-refractivity contribution in [1.29, 1.82) is 0 Å². The molecule has 0 unspecified atom stereocenters. The molecule has 0 aromatic heterocycles. The number of hydrogen-bond donors (Lipinski definition) is 1. The fourth-order valence-electron chi connectivity index (χ4n) is 0.902. The first-order chi connectivity index (χ1) is 4.74. The highest BCUT2D eigenvalue weighted by Gasteiger charge is 1.94. The van der Waals surface area contributed by atoms with Crippen molar-refractivity contribution in [2.45, 2.75) is 11.8 Å². The van der Waals surface area contributed by atoms with Crippen LogP contribution < -0.4 is 5.73 Å². The third-order valence-corrected chi connectivity index (χ3v) is 2.32. The molecule has 0 amide bonds. The Kier molecular flexibility index (Phi) is 2.22. The lowest BCUT2D eigenvalue weighted by atomic mass is 10.2. The van der Waals surface area contributed by atoms with Crippen LogP contribution in [0.1, 0.15) is 5.56 Å². The molecule has 10 heavy (non-hydrogen) atoms. The van der Waals surface area contributed by atoms with Crippen molar-refractivity contribution < 1.29 is 0 Å². The molecule has 1 rings (SSSR count). The number of nitrogen functional groups attached to an aromatic ring is 1. The van der Waals surface area contributed by atoms with Gasteiger partial charge in [-0.15, -0.1) is 11.8 Å². The first-order valence-electron chi connectivity index (χ1n) is 3.14. The van der Waals surface area contributed by atoms with Crippen LogP contribution in [0.3, 0.4) is 0 Å². The van der Waals surface area contributed by atoms with Gasteiger partial charge < -0.3 is 5.73 Å². The van der Waals surface area contributed by atoms with E-state index in [1.807, 2.05) is 12.1 Å². The van der Waals surface area contributed by atoms with Crippen molar-refractivity contribution >= 4 is 17.4 Å². The summed E-state index contributed by atoms with van der Waals surface area (Å²) >= 11 is 1.75. The molecule has 1 nitrogen and oxygen atoms in total. The molecule has 2 heteroatoms. The predicted molar refractivity (Wildman–Crippen MR) is 47.4 cm³/mol. The van der Waals surface area contributed by atoms with Gasteiger partial charge in [0.2, 0.25) is 0 Å². The first-order valence-corrected chi connectivity index (χ1v) is 4.36. The summed E-state index contributed by atoms with van der Waals surface area (Å²) < 4.78 is 0. The number of nitrogens with two attached hydrogens (primary N) is 1. The van der Waals surface area contributed by atoms with Gasteiger partial charge in [0.25, 0.3) is 0 Å². The van der Waals surface area contributed by atoms with Crippen LogP contribution in [0.4, 0.5) is 5.69 Å². The average molecular weight is 153 g/mol. The van der Waals surface area contributed by atoms with Crippen LogP contribution in [0.2, 0.25) is 0 Å². The minimum absolute atomic E-state index is 0.843. The fourth-order valence-corrected chi connectivity index (χ4v) is 1.49. The molecule has 0 heterocycles. The monoisotopic (exact) mass is 153 g/mol. The van der Waals surface area contributed by atoms with E-state index >= 15 is 0 Å². The zero-order chi connectivity index (χ0) is 7.56. The molecule has 0 spiro atoms. The van der Waals surface area contributed by atoms with E-state index < -0.39 is 0 Å². The van der Waals surface area contributed by atoms with Gasteiger partial charge in [-0.05, 0) is 36.9 Å². The van der Waals surface area contributed by atoms with E-state index in [9.17, 15) is 0 Å². The molecule has 0 saturated carbocycles. The van der Waals surface area contributed by atoms with Gasteiger partial charge in [-0.2, -0.15) is 0 Å². The molecule has 0 radical (unpaired) electrons. The Bertz CT molecular complexity index is 233.